The van der Waals surface area contributed by atoms with Crippen molar-refractivity contribution in [3.63, 3.8) is 0 Å². The summed E-state index contributed by atoms with van der Waals surface area (Å²) in [6.07, 6.45) is 5.95. The third-order valence-corrected chi connectivity index (χ3v) is 6.52. The van der Waals surface area contributed by atoms with Crippen molar-refractivity contribution >= 4 is 11.8 Å². The Balaban J connectivity index is 1.42. The molecule has 4 rings (SSSR count). The van der Waals surface area contributed by atoms with Crippen LogP contribution >= 0.6 is 0 Å². The number of likely N-dealkylation sites (tertiary alicyclic amines) is 1. The number of carbonyl (C=O) groups excluding carboxylic acids is 2. The van der Waals surface area contributed by atoms with Crippen molar-refractivity contribution in [2.24, 2.45) is 11.8 Å². The molecule has 3 atom stereocenters. The molecule has 0 unspecified atom stereocenters. The molecule has 1 aromatic rings. The van der Waals surface area contributed by atoms with Crippen molar-refractivity contribution in [2.45, 2.75) is 56.4 Å². The highest BCUT2D eigenvalue weighted by atomic mass is 16.2. The molecule has 27 heavy (non-hydrogen) atoms. The van der Waals surface area contributed by atoms with Gasteiger partial charge < -0.3 is 10.2 Å². The summed E-state index contributed by atoms with van der Waals surface area (Å²) in [5.41, 5.74) is 0.629. The van der Waals surface area contributed by atoms with Crippen molar-refractivity contribution in [1.82, 2.24) is 10.2 Å². The number of carbonyl (C=O) groups is 2. The molecule has 1 N–H and O–H groups in total. The van der Waals surface area contributed by atoms with E-state index in [9.17, 15) is 14.9 Å². The molecule has 2 saturated carbocycles. The zero-order valence-electron chi connectivity index (χ0n) is 15.7. The Bertz CT molecular complexity index is 751. The number of benzene rings is 1. The summed E-state index contributed by atoms with van der Waals surface area (Å²) in [5.74, 6) is -0.0871. The van der Waals surface area contributed by atoms with Crippen LogP contribution in [0.1, 0.15) is 56.4 Å². The van der Waals surface area contributed by atoms with Gasteiger partial charge in [0.25, 0.3) is 0 Å². The van der Waals surface area contributed by atoms with E-state index in [1.54, 1.807) is 0 Å². The van der Waals surface area contributed by atoms with Gasteiger partial charge >= 0.3 is 0 Å². The maximum absolute atomic E-state index is 13.2. The number of nitrogens with one attached hydrogen (secondary N) is 1. The Kier molecular flexibility index (Phi) is 4.90. The summed E-state index contributed by atoms with van der Waals surface area (Å²) >= 11 is 0. The number of amides is 2. The fourth-order valence-electron chi connectivity index (χ4n) is 4.65. The van der Waals surface area contributed by atoms with Crippen LogP contribution in [0.4, 0.5) is 0 Å². The van der Waals surface area contributed by atoms with Gasteiger partial charge in [-0.2, -0.15) is 5.26 Å². The molecule has 0 bridgehead atoms. The maximum atomic E-state index is 13.2. The smallest absolute Gasteiger partial charge is 0.226 e. The van der Waals surface area contributed by atoms with Crippen LogP contribution in [-0.4, -0.2) is 35.3 Å². The highest BCUT2D eigenvalue weighted by Crippen LogP contribution is 2.38. The molecule has 1 saturated heterocycles. The molecule has 5 heteroatoms. The predicted octanol–water partition coefficient (Wildman–Crippen LogP) is 2.98. The van der Waals surface area contributed by atoms with Crippen LogP contribution in [0, 0.1) is 23.2 Å². The Hall–Kier alpha value is -2.35. The van der Waals surface area contributed by atoms with E-state index in [0.29, 0.717) is 5.92 Å². The predicted molar refractivity (Wildman–Crippen MR) is 102 cm³/mol. The maximum Gasteiger partial charge on any atom is 0.226 e. The molecule has 0 radical (unpaired) electrons. The fraction of sp³-hybridized carbons (Fsp3) is 0.591. The summed E-state index contributed by atoms with van der Waals surface area (Å²) in [4.78, 5) is 28.0. The molecule has 0 aromatic heterocycles. The number of rotatable bonds is 4. The third kappa shape index (κ3) is 3.71. The molecular formula is C22H27N3O2. The minimum Gasteiger partial charge on any atom is -0.342 e. The standard InChI is InChI=1S/C22H27N3O2/c23-15-22(11-12-22)24-20(26)18-8-4-5-9-19(18)21(27)25-13-10-17(14-25)16-6-2-1-3-7-16/h1-3,6-7,17-19H,4-5,8-14H2,(H,24,26)/t17-,18-,19-/m1/s1. The van der Waals surface area contributed by atoms with Crippen LogP contribution in [-0.2, 0) is 9.59 Å². The lowest BCUT2D eigenvalue weighted by atomic mass is 9.77. The van der Waals surface area contributed by atoms with Crippen molar-refractivity contribution in [3.8, 4) is 6.07 Å². The Labute approximate surface area is 160 Å². The van der Waals surface area contributed by atoms with Crippen LogP contribution in [0.2, 0.25) is 0 Å². The van der Waals surface area contributed by atoms with Gasteiger partial charge in [-0.05, 0) is 37.7 Å². The molecule has 2 aliphatic carbocycles. The van der Waals surface area contributed by atoms with E-state index in [4.69, 9.17) is 0 Å². The van der Waals surface area contributed by atoms with Gasteiger partial charge in [0.2, 0.25) is 11.8 Å². The van der Waals surface area contributed by atoms with Gasteiger partial charge in [0.1, 0.15) is 5.54 Å². The summed E-state index contributed by atoms with van der Waals surface area (Å²) in [6.45, 7) is 1.52. The normalized spacial score (nSPS) is 29.0. The molecule has 5 nitrogen and oxygen atoms in total. The SMILES string of the molecule is N#CC1(NC(=O)[C@@H]2CCCC[C@H]2C(=O)N2CC[C@@H](c3ccccc3)C2)CC1. The van der Waals surface area contributed by atoms with Crippen LogP contribution in [0.3, 0.4) is 0 Å². The molecule has 3 fully saturated rings. The first-order valence-electron chi connectivity index (χ1n) is 10.2. The van der Waals surface area contributed by atoms with E-state index < -0.39 is 5.54 Å². The topological polar surface area (TPSA) is 73.2 Å². The molecule has 1 aliphatic heterocycles. The fourth-order valence-corrected chi connectivity index (χ4v) is 4.65. The van der Waals surface area contributed by atoms with Crippen LogP contribution < -0.4 is 5.32 Å². The Morgan fingerprint density at radius 3 is 2.44 bits per heavy atom. The summed E-state index contributed by atoms with van der Waals surface area (Å²) < 4.78 is 0. The molecule has 1 aromatic carbocycles. The zero-order chi connectivity index (χ0) is 18.9. The average molecular weight is 365 g/mol. The van der Waals surface area contributed by atoms with Crippen LogP contribution in [0.15, 0.2) is 30.3 Å². The first-order valence-corrected chi connectivity index (χ1v) is 10.2. The Morgan fingerprint density at radius 1 is 1.07 bits per heavy atom. The van der Waals surface area contributed by atoms with Crippen molar-refractivity contribution in [3.05, 3.63) is 35.9 Å². The van der Waals surface area contributed by atoms with Crippen molar-refractivity contribution in [1.29, 1.82) is 5.26 Å². The van der Waals surface area contributed by atoms with E-state index >= 15 is 0 Å². The number of nitriles is 1. The molecule has 3 aliphatic rings. The van der Waals surface area contributed by atoms with Gasteiger partial charge in [0.15, 0.2) is 0 Å². The van der Waals surface area contributed by atoms with Gasteiger partial charge in [-0.1, -0.05) is 43.2 Å². The summed E-state index contributed by atoms with van der Waals surface area (Å²) in [5, 5.41) is 12.2. The van der Waals surface area contributed by atoms with E-state index in [2.05, 4.69) is 23.5 Å². The van der Waals surface area contributed by atoms with E-state index in [-0.39, 0.29) is 23.7 Å². The molecule has 0 spiro atoms. The number of hydrogen-bond donors (Lipinski definition) is 1. The third-order valence-electron chi connectivity index (χ3n) is 6.52. The lowest BCUT2D eigenvalue weighted by Gasteiger charge is -2.33. The first kappa shape index (κ1) is 18.0. The van der Waals surface area contributed by atoms with E-state index in [1.165, 1.54) is 5.56 Å². The van der Waals surface area contributed by atoms with E-state index in [1.807, 2.05) is 23.1 Å². The van der Waals surface area contributed by atoms with Gasteiger partial charge in [0.05, 0.1) is 6.07 Å². The summed E-state index contributed by atoms with van der Waals surface area (Å²) in [6, 6.07) is 12.6. The van der Waals surface area contributed by atoms with Gasteiger partial charge in [0, 0.05) is 30.8 Å². The molecular weight excluding hydrogens is 338 g/mol. The number of nitrogens with zero attached hydrogens (tertiary/aromatic N) is 2. The minimum absolute atomic E-state index is 0.0918. The van der Waals surface area contributed by atoms with Gasteiger partial charge in [-0.25, -0.2) is 0 Å². The van der Waals surface area contributed by atoms with Crippen LogP contribution in [0.5, 0.6) is 0 Å². The molecule has 2 amide bonds. The Morgan fingerprint density at radius 2 is 1.78 bits per heavy atom. The molecule has 142 valence electrons. The largest absolute Gasteiger partial charge is 0.342 e. The lowest BCUT2D eigenvalue weighted by molar-refractivity contribution is -0.143. The first-order chi connectivity index (χ1) is 13.1. The minimum atomic E-state index is -0.659. The van der Waals surface area contributed by atoms with Crippen molar-refractivity contribution in [2.75, 3.05) is 13.1 Å². The van der Waals surface area contributed by atoms with E-state index in [0.717, 1.165) is 58.0 Å². The second-order valence-electron chi connectivity index (χ2n) is 8.36. The highest BCUT2D eigenvalue weighted by Gasteiger charge is 2.47. The monoisotopic (exact) mass is 365 g/mol. The zero-order valence-corrected chi connectivity index (χ0v) is 15.7. The van der Waals surface area contributed by atoms with Crippen LogP contribution in [0.25, 0.3) is 0 Å². The lowest BCUT2D eigenvalue weighted by Crippen LogP contribution is -2.47. The van der Waals surface area contributed by atoms with Gasteiger partial charge in [-0.3, -0.25) is 9.59 Å². The highest BCUT2D eigenvalue weighted by molar-refractivity contribution is 5.89. The quantitative estimate of drug-likeness (QED) is 0.891. The number of hydrogen-bond acceptors (Lipinski definition) is 3. The summed E-state index contributed by atoms with van der Waals surface area (Å²) in [7, 11) is 0. The van der Waals surface area contributed by atoms with Gasteiger partial charge in [-0.15, -0.1) is 0 Å². The second-order valence-corrected chi connectivity index (χ2v) is 8.36. The van der Waals surface area contributed by atoms with Crippen molar-refractivity contribution < 1.29 is 9.59 Å². The molecule has 1 heterocycles. The second kappa shape index (κ2) is 7.34. The average Bonchev–Trinajstić information content (AvgIpc) is 3.31.